The first kappa shape index (κ1) is 32.7. The minimum atomic E-state index is -3.05. The number of nitrogens with zero attached hydrogens (tertiary/aromatic N) is 4. The van der Waals surface area contributed by atoms with Gasteiger partial charge in [-0.2, -0.15) is 9.97 Å². The molecule has 0 aliphatic carbocycles. The summed E-state index contributed by atoms with van der Waals surface area (Å²) in [7, 11) is -4.40. The summed E-state index contributed by atoms with van der Waals surface area (Å²) in [5, 5.41) is 15.2. The number of imidazole rings is 1. The molecule has 234 valence electrons. The molecular formula is C28H47N5O7Si2. The number of rotatable bonds is 9. The molecule has 1 amide bonds. The van der Waals surface area contributed by atoms with Gasteiger partial charge in [0.15, 0.2) is 17.4 Å². The van der Waals surface area contributed by atoms with Crippen molar-refractivity contribution in [3.8, 4) is 5.88 Å². The molecule has 42 heavy (non-hydrogen) atoms. The van der Waals surface area contributed by atoms with E-state index in [1.54, 1.807) is 10.6 Å². The average molecular weight is 622 g/mol. The molecule has 14 heteroatoms. The van der Waals surface area contributed by atoms with Gasteiger partial charge in [-0.05, 0) is 22.2 Å². The van der Waals surface area contributed by atoms with Crippen LogP contribution in [0, 0.1) is 0 Å². The molecule has 0 bridgehead atoms. The predicted molar refractivity (Wildman–Crippen MR) is 164 cm³/mol. The molecule has 0 unspecified atom stereocenters. The standard InChI is InChI=1S/C28H47N5O7Si2/c1-12-13-28(35)23-21(14-37-41(16(2)3,17(4)5)40-42(39-23,18(6)7)19(8)9)38-26(28)33-15-29-22-24(33)31-27(30-20(10)34)32-25(22)36-11/h12,15-19,21,23,26,35H,1,13-14H2,2-11H3,(H,30,31,32,34)/t21-,23-,26-,28+/m1/s1. The lowest BCUT2D eigenvalue weighted by Crippen LogP contribution is -2.67. The van der Waals surface area contributed by atoms with Crippen molar-refractivity contribution in [1.29, 1.82) is 0 Å². The van der Waals surface area contributed by atoms with Gasteiger partial charge in [0.1, 0.15) is 17.8 Å². The molecule has 2 aromatic rings. The zero-order chi connectivity index (χ0) is 31.2. The third-order valence-electron chi connectivity index (χ3n) is 8.48. The maximum Gasteiger partial charge on any atom is 0.335 e. The molecule has 2 aliphatic rings. The summed E-state index contributed by atoms with van der Waals surface area (Å²) in [6, 6.07) is 0. The van der Waals surface area contributed by atoms with E-state index < -0.39 is 41.2 Å². The molecule has 0 aromatic carbocycles. The van der Waals surface area contributed by atoms with Crippen LogP contribution in [0.4, 0.5) is 5.95 Å². The highest BCUT2D eigenvalue weighted by Gasteiger charge is 2.65. The van der Waals surface area contributed by atoms with E-state index in [4.69, 9.17) is 22.4 Å². The Morgan fingerprint density at radius 1 is 1.17 bits per heavy atom. The number of nitrogens with one attached hydrogen (secondary N) is 1. The van der Waals surface area contributed by atoms with E-state index in [0.717, 1.165) is 0 Å². The van der Waals surface area contributed by atoms with Gasteiger partial charge in [-0.3, -0.25) is 14.7 Å². The Morgan fingerprint density at radius 2 is 1.79 bits per heavy atom. The largest absolute Gasteiger partial charge is 0.479 e. The molecule has 4 atom stereocenters. The van der Waals surface area contributed by atoms with E-state index >= 15 is 0 Å². The van der Waals surface area contributed by atoms with Crippen LogP contribution in [0.1, 0.15) is 75.0 Å². The van der Waals surface area contributed by atoms with Crippen LogP contribution in [0.5, 0.6) is 5.88 Å². The topological polar surface area (TPSA) is 139 Å². The fourth-order valence-electron chi connectivity index (χ4n) is 6.42. The number of ether oxygens (including phenoxy) is 2. The number of methoxy groups -OCH3 is 1. The lowest BCUT2D eigenvalue weighted by atomic mass is 9.90. The maximum atomic E-state index is 12.6. The number of hydrogen-bond acceptors (Lipinski definition) is 10. The molecule has 2 aromatic heterocycles. The average Bonchev–Trinajstić information content (AvgIpc) is 3.41. The van der Waals surface area contributed by atoms with Crippen molar-refractivity contribution in [1.82, 2.24) is 19.5 Å². The molecular weight excluding hydrogens is 575 g/mol. The zero-order valence-electron chi connectivity index (χ0n) is 26.5. The van der Waals surface area contributed by atoms with Crippen molar-refractivity contribution in [3.05, 3.63) is 19.0 Å². The molecule has 4 heterocycles. The van der Waals surface area contributed by atoms with Crippen LogP contribution in [0.2, 0.25) is 22.2 Å². The van der Waals surface area contributed by atoms with Crippen LogP contribution >= 0.6 is 0 Å². The third kappa shape index (κ3) is 5.35. The number of fused-ring (bicyclic) bond motifs is 2. The highest BCUT2D eigenvalue weighted by Crippen LogP contribution is 2.52. The first-order valence-corrected chi connectivity index (χ1v) is 18.7. The Hall–Kier alpha value is -2.21. The van der Waals surface area contributed by atoms with Crippen molar-refractivity contribution in [2.24, 2.45) is 0 Å². The molecule has 0 saturated carbocycles. The summed E-state index contributed by atoms with van der Waals surface area (Å²) in [5.74, 6) is -0.102. The van der Waals surface area contributed by atoms with Crippen LogP contribution in [0.3, 0.4) is 0 Å². The Bertz CT molecular complexity index is 1290. The number of anilines is 1. The number of carbonyl (C=O) groups excluding carboxylic acids is 1. The van der Waals surface area contributed by atoms with E-state index in [1.165, 1.54) is 20.4 Å². The number of aromatic nitrogens is 4. The summed E-state index contributed by atoms with van der Waals surface area (Å²) in [6.45, 7) is 22.7. The highest BCUT2D eigenvalue weighted by molar-refractivity contribution is 6.84. The smallest absolute Gasteiger partial charge is 0.335 e. The molecule has 0 radical (unpaired) electrons. The van der Waals surface area contributed by atoms with Crippen LogP contribution < -0.4 is 10.1 Å². The van der Waals surface area contributed by atoms with E-state index in [0.29, 0.717) is 11.2 Å². The van der Waals surface area contributed by atoms with Crippen LogP contribution in [0.25, 0.3) is 11.2 Å². The Morgan fingerprint density at radius 3 is 2.31 bits per heavy atom. The second kappa shape index (κ2) is 12.1. The van der Waals surface area contributed by atoms with Crippen LogP contribution in [-0.2, 0) is 22.5 Å². The summed E-state index contributed by atoms with van der Waals surface area (Å²) in [4.78, 5) is 25.1. The van der Waals surface area contributed by atoms with E-state index in [1.807, 2.05) is 0 Å². The van der Waals surface area contributed by atoms with Crippen molar-refractivity contribution in [2.45, 2.75) is 115 Å². The van der Waals surface area contributed by atoms with Gasteiger partial charge >= 0.3 is 17.1 Å². The van der Waals surface area contributed by atoms with Gasteiger partial charge in [0, 0.05) is 13.3 Å². The van der Waals surface area contributed by atoms with Gasteiger partial charge in [-0.15, -0.1) is 6.58 Å². The number of amides is 1. The van der Waals surface area contributed by atoms with Crippen molar-refractivity contribution < 1.29 is 32.3 Å². The number of hydrogen-bond donors (Lipinski definition) is 2. The van der Waals surface area contributed by atoms with Crippen LogP contribution in [-0.4, -0.2) is 79.2 Å². The molecule has 2 N–H and O–H groups in total. The van der Waals surface area contributed by atoms with Gasteiger partial charge in [-0.25, -0.2) is 4.98 Å². The first-order chi connectivity index (χ1) is 19.7. The van der Waals surface area contributed by atoms with Crippen LogP contribution in [0.15, 0.2) is 19.0 Å². The summed E-state index contributed by atoms with van der Waals surface area (Å²) < 4.78 is 35.2. The lowest BCUT2D eigenvalue weighted by Gasteiger charge is -2.52. The summed E-state index contributed by atoms with van der Waals surface area (Å²) >= 11 is 0. The fourth-order valence-corrected chi connectivity index (χ4v) is 17.7. The molecule has 2 aliphatic heterocycles. The summed E-state index contributed by atoms with van der Waals surface area (Å²) in [6.07, 6.45) is 1.01. The fraction of sp³-hybridized carbons (Fsp3) is 0.714. The normalized spacial score (nSPS) is 27.4. The van der Waals surface area contributed by atoms with E-state index in [2.05, 4.69) is 82.2 Å². The second-order valence-electron chi connectivity index (χ2n) is 12.6. The first-order valence-electron chi connectivity index (χ1n) is 14.7. The monoisotopic (exact) mass is 621 g/mol. The Kier molecular flexibility index (Phi) is 9.39. The van der Waals surface area contributed by atoms with Gasteiger partial charge < -0.3 is 27.5 Å². The molecule has 4 rings (SSSR count). The van der Waals surface area contributed by atoms with Gasteiger partial charge in [-0.1, -0.05) is 61.5 Å². The second-order valence-corrected chi connectivity index (χ2v) is 21.4. The maximum absolute atomic E-state index is 12.6. The molecule has 12 nitrogen and oxygen atoms in total. The molecule has 0 spiro atoms. The van der Waals surface area contributed by atoms with Gasteiger partial charge in [0.2, 0.25) is 17.7 Å². The molecule has 2 fully saturated rings. The van der Waals surface area contributed by atoms with Crippen molar-refractivity contribution in [3.63, 3.8) is 0 Å². The highest BCUT2D eigenvalue weighted by atomic mass is 28.5. The van der Waals surface area contributed by atoms with Crippen molar-refractivity contribution in [2.75, 3.05) is 19.0 Å². The Labute approximate surface area is 250 Å². The number of carbonyl (C=O) groups is 1. The predicted octanol–water partition coefficient (Wildman–Crippen LogP) is 4.95. The molecule has 2 saturated heterocycles. The van der Waals surface area contributed by atoms with Gasteiger partial charge in [0.25, 0.3) is 0 Å². The SMILES string of the molecule is C=CC[C@]1(O)[C@@H]2O[Si](C(C)C)(C(C)C)O[Si](C(C)C)(C(C)C)OC[C@H]2O[C@H]1n1cnc2c(OC)nc(NC(C)=O)nc21. The summed E-state index contributed by atoms with van der Waals surface area (Å²) in [5.41, 5.74) is -0.405. The minimum absolute atomic E-state index is 0.0496. The third-order valence-corrected chi connectivity index (χ3v) is 18.7. The minimum Gasteiger partial charge on any atom is -0.479 e. The Balaban J connectivity index is 1.90. The van der Waals surface area contributed by atoms with E-state index in [-0.39, 0.29) is 52.9 Å². The number of aliphatic hydroxyl groups is 1. The quantitative estimate of drug-likeness (QED) is 0.292. The lowest BCUT2D eigenvalue weighted by molar-refractivity contribution is -0.114. The van der Waals surface area contributed by atoms with Crippen molar-refractivity contribution >= 4 is 40.1 Å². The van der Waals surface area contributed by atoms with E-state index in [9.17, 15) is 9.90 Å². The van der Waals surface area contributed by atoms with Gasteiger partial charge in [0.05, 0.1) is 20.0 Å². The zero-order valence-corrected chi connectivity index (χ0v) is 28.5.